The Kier molecular flexibility index (Phi) is 2.36. The van der Waals surface area contributed by atoms with Crippen molar-refractivity contribution in [1.29, 1.82) is 0 Å². The molecule has 0 spiro atoms. The molecule has 1 fully saturated rings. The minimum absolute atomic E-state index is 0.111. The van der Waals surface area contributed by atoms with Crippen molar-refractivity contribution >= 4 is 11.1 Å². The van der Waals surface area contributed by atoms with E-state index in [2.05, 4.69) is 5.92 Å². The summed E-state index contributed by atoms with van der Waals surface area (Å²) in [5, 5.41) is 0. The van der Waals surface area contributed by atoms with Gasteiger partial charge < -0.3 is 0 Å². The molecule has 2 atom stereocenters. The van der Waals surface area contributed by atoms with Crippen molar-refractivity contribution in [3.05, 3.63) is 0 Å². The highest BCUT2D eigenvalue weighted by Crippen LogP contribution is 2.27. The van der Waals surface area contributed by atoms with Gasteiger partial charge in [0.25, 0.3) is 0 Å². The van der Waals surface area contributed by atoms with Crippen LogP contribution >= 0.6 is 0 Å². The zero-order valence-electron chi connectivity index (χ0n) is 6.79. The Labute approximate surface area is 70.0 Å². The van der Waals surface area contributed by atoms with E-state index in [1.54, 1.807) is 0 Å². The Morgan fingerprint density at radius 1 is 1.73 bits per heavy atom. The third kappa shape index (κ3) is 2.32. The molecule has 3 heteroatoms. The Morgan fingerprint density at radius 3 is 2.82 bits per heavy atom. The maximum Gasteiger partial charge on any atom is 0.157 e. The summed E-state index contributed by atoms with van der Waals surface area (Å²) in [6.45, 7) is 3.82. The van der Waals surface area contributed by atoms with E-state index in [-0.39, 0.29) is 11.5 Å². The van der Waals surface area contributed by atoms with Crippen molar-refractivity contribution in [2.75, 3.05) is 5.75 Å². The number of hydrogen-bond donors (Lipinski definition) is 0. The van der Waals surface area contributed by atoms with Gasteiger partial charge in [-0.1, -0.05) is 0 Å². The highest BCUT2D eigenvalue weighted by Gasteiger charge is 2.32. The van der Waals surface area contributed by atoms with Gasteiger partial charge in [0.1, 0.15) is 0 Å². The standard InChI is InChI=1S/C8H12O2S/c1-4-7-5-8(2,3)10-11(9)6-7/h1,7H,5-6H2,2-3H3. The first-order chi connectivity index (χ1) is 5.03. The number of hydrogen-bond acceptors (Lipinski definition) is 2. The molecule has 1 aliphatic rings. The van der Waals surface area contributed by atoms with Crippen molar-refractivity contribution in [3.8, 4) is 12.3 Å². The largest absolute Gasteiger partial charge is 0.284 e. The van der Waals surface area contributed by atoms with Gasteiger partial charge >= 0.3 is 0 Å². The molecule has 0 aliphatic carbocycles. The average Bonchev–Trinajstić information content (AvgIpc) is 1.83. The van der Waals surface area contributed by atoms with E-state index in [1.807, 2.05) is 13.8 Å². The maximum atomic E-state index is 11.0. The van der Waals surface area contributed by atoms with Gasteiger partial charge in [0.15, 0.2) is 11.1 Å². The molecule has 1 aliphatic heterocycles. The summed E-state index contributed by atoms with van der Waals surface area (Å²) in [5.41, 5.74) is -0.319. The predicted octanol–water partition coefficient (Wildman–Crippen LogP) is 1.10. The Morgan fingerprint density at radius 2 is 2.36 bits per heavy atom. The van der Waals surface area contributed by atoms with Crippen molar-refractivity contribution in [1.82, 2.24) is 0 Å². The first-order valence-electron chi connectivity index (χ1n) is 3.57. The van der Waals surface area contributed by atoms with Crippen molar-refractivity contribution in [3.63, 3.8) is 0 Å². The first kappa shape index (κ1) is 8.76. The molecule has 0 bridgehead atoms. The lowest BCUT2D eigenvalue weighted by Gasteiger charge is -2.31. The van der Waals surface area contributed by atoms with E-state index in [9.17, 15) is 4.21 Å². The minimum atomic E-state index is -1.18. The fourth-order valence-electron chi connectivity index (χ4n) is 1.24. The lowest BCUT2D eigenvalue weighted by molar-refractivity contribution is 0.0939. The fourth-order valence-corrected chi connectivity index (χ4v) is 2.43. The summed E-state index contributed by atoms with van der Waals surface area (Å²) in [4.78, 5) is 0. The van der Waals surface area contributed by atoms with Gasteiger partial charge in [0.2, 0.25) is 0 Å². The second kappa shape index (κ2) is 2.96. The maximum absolute atomic E-state index is 11.0. The molecule has 0 aromatic rings. The first-order valence-corrected chi connectivity index (χ1v) is 4.82. The molecular weight excluding hydrogens is 160 g/mol. The molecule has 0 radical (unpaired) electrons. The van der Waals surface area contributed by atoms with Crippen LogP contribution in [0.5, 0.6) is 0 Å². The molecular formula is C8H12O2S. The molecule has 11 heavy (non-hydrogen) atoms. The van der Waals surface area contributed by atoms with Crippen LogP contribution in [0.1, 0.15) is 20.3 Å². The van der Waals surface area contributed by atoms with E-state index in [1.165, 1.54) is 0 Å². The number of rotatable bonds is 0. The molecule has 0 aromatic carbocycles. The van der Waals surface area contributed by atoms with Crippen LogP contribution in [0, 0.1) is 18.3 Å². The molecule has 62 valence electrons. The summed E-state index contributed by atoms with van der Waals surface area (Å²) in [6.07, 6.45) is 6.05. The van der Waals surface area contributed by atoms with Crippen LogP contribution in [-0.2, 0) is 15.3 Å². The molecule has 0 amide bonds. The minimum Gasteiger partial charge on any atom is -0.284 e. The quantitative estimate of drug-likeness (QED) is 0.511. The zero-order chi connectivity index (χ0) is 8.48. The summed E-state index contributed by atoms with van der Waals surface area (Å²) in [7, 11) is 0. The lowest BCUT2D eigenvalue weighted by Crippen LogP contribution is -2.36. The molecule has 1 rings (SSSR count). The third-order valence-electron chi connectivity index (χ3n) is 1.63. The highest BCUT2D eigenvalue weighted by molar-refractivity contribution is 7.80. The van der Waals surface area contributed by atoms with E-state index in [0.717, 1.165) is 6.42 Å². The van der Waals surface area contributed by atoms with Crippen LogP contribution < -0.4 is 0 Å². The highest BCUT2D eigenvalue weighted by atomic mass is 32.2. The molecule has 0 aromatic heterocycles. The smallest absolute Gasteiger partial charge is 0.157 e. The molecule has 1 heterocycles. The molecule has 2 unspecified atom stereocenters. The van der Waals surface area contributed by atoms with Gasteiger partial charge in [-0.15, -0.1) is 12.3 Å². The third-order valence-corrected chi connectivity index (χ3v) is 2.94. The molecule has 0 N–H and O–H groups in total. The van der Waals surface area contributed by atoms with Crippen LogP contribution in [-0.4, -0.2) is 15.6 Å². The van der Waals surface area contributed by atoms with Crippen LogP contribution in [0.2, 0.25) is 0 Å². The van der Waals surface area contributed by atoms with Gasteiger partial charge in [0.05, 0.1) is 11.4 Å². The van der Waals surface area contributed by atoms with Gasteiger partial charge in [-0.2, -0.15) is 0 Å². The lowest BCUT2D eigenvalue weighted by atomic mass is 9.95. The van der Waals surface area contributed by atoms with Gasteiger partial charge in [-0.05, 0) is 20.3 Å². The van der Waals surface area contributed by atoms with E-state index in [0.29, 0.717) is 5.75 Å². The monoisotopic (exact) mass is 172 g/mol. The predicted molar refractivity (Wildman–Crippen MR) is 45.1 cm³/mol. The van der Waals surface area contributed by atoms with Crippen LogP contribution in [0.25, 0.3) is 0 Å². The van der Waals surface area contributed by atoms with E-state index in [4.69, 9.17) is 10.6 Å². The zero-order valence-corrected chi connectivity index (χ0v) is 7.61. The Hall–Kier alpha value is -0.330. The second-order valence-electron chi connectivity index (χ2n) is 3.38. The Balaban J connectivity index is 2.67. The summed E-state index contributed by atoms with van der Waals surface area (Å²) in [6, 6.07) is 0. The molecule has 2 nitrogen and oxygen atoms in total. The van der Waals surface area contributed by atoms with Crippen LogP contribution in [0.15, 0.2) is 0 Å². The van der Waals surface area contributed by atoms with Crippen molar-refractivity contribution in [2.45, 2.75) is 25.9 Å². The summed E-state index contributed by atoms with van der Waals surface area (Å²) in [5.74, 6) is 3.21. The van der Waals surface area contributed by atoms with E-state index < -0.39 is 11.1 Å². The van der Waals surface area contributed by atoms with Crippen LogP contribution in [0.3, 0.4) is 0 Å². The summed E-state index contributed by atoms with van der Waals surface area (Å²) >= 11 is -1.18. The van der Waals surface area contributed by atoms with Crippen molar-refractivity contribution < 1.29 is 8.39 Å². The Bertz CT molecular complexity index is 215. The van der Waals surface area contributed by atoms with Gasteiger partial charge in [-0.3, -0.25) is 4.18 Å². The molecule has 1 saturated heterocycles. The normalized spacial score (nSPS) is 36.1. The summed E-state index contributed by atoms with van der Waals surface area (Å²) < 4.78 is 16.2. The van der Waals surface area contributed by atoms with Crippen LogP contribution in [0.4, 0.5) is 0 Å². The average molecular weight is 172 g/mol. The SMILES string of the molecule is C#CC1CS(=O)OC(C)(C)C1. The van der Waals surface area contributed by atoms with Crippen molar-refractivity contribution in [2.24, 2.45) is 5.92 Å². The van der Waals surface area contributed by atoms with E-state index >= 15 is 0 Å². The molecule has 0 saturated carbocycles. The van der Waals surface area contributed by atoms with Gasteiger partial charge in [-0.25, -0.2) is 4.21 Å². The fraction of sp³-hybridized carbons (Fsp3) is 0.750. The second-order valence-corrected chi connectivity index (χ2v) is 4.49. The number of terminal acetylenes is 1. The van der Waals surface area contributed by atoms with Gasteiger partial charge in [0, 0.05) is 5.92 Å². The topological polar surface area (TPSA) is 26.3 Å².